The number of hydrogen-bond donors (Lipinski definition) is 0. The fourth-order valence-corrected chi connectivity index (χ4v) is 3.10. The van der Waals surface area contributed by atoms with Gasteiger partial charge < -0.3 is 9.15 Å². The summed E-state index contributed by atoms with van der Waals surface area (Å²) >= 11 is 1.35. The molecule has 0 atom stereocenters. The minimum Gasteiger partial charge on any atom is -0.430 e. The van der Waals surface area contributed by atoms with Crippen molar-refractivity contribution >= 4 is 27.3 Å². The van der Waals surface area contributed by atoms with Crippen LogP contribution in [0.5, 0.6) is 10.9 Å². The fraction of sp³-hybridized carbons (Fsp3) is 0.133. The van der Waals surface area contributed by atoms with E-state index in [0.29, 0.717) is 16.5 Å². The standard InChI is InChI=1S/C15H11N3O3S/c1-8-5-13(19)21-12-6-10(3-4-11(8)12)20-15-17-18-7-9(2)16-14(18)22-15/h3-7H,1-2H3. The zero-order valence-corrected chi connectivity index (χ0v) is 12.7. The lowest BCUT2D eigenvalue weighted by molar-refractivity contribution is 0.468. The molecule has 0 radical (unpaired) electrons. The molecule has 110 valence electrons. The molecule has 0 aliphatic heterocycles. The Labute approximate surface area is 128 Å². The quantitative estimate of drug-likeness (QED) is 0.531. The highest BCUT2D eigenvalue weighted by Gasteiger charge is 2.10. The van der Waals surface area contributed by atoms with Crippen molar-refractivity contribution in [3.05, 3.63) is 52.1 Å². The molecule has 0 fully saturated rings. The average Bonchev–Trinajstić information content (AvgIpc) is 2.94. The lowest BCUT2D eigenvalue weighted by atomic mass is 10.1. The maximum atomic E-state index is 11.5. The summed E-state index contributed by atoms with van der Waals surface area (Å²) in [6.07, 6.45) is 1.83. The second kappa shape index (κ2) is 4.67. The molecule has 6 nitrogen and oxygen atoms in total. The molecule has 1 aromatic carbocycles. The summed E-state index contributed by atoms with van der Waals surface area (Å²) in [5, 5.41) is 5.67. The lowest BCUT2D eigenvalue weighted by Crippen LogP contribution is -1.97. The van der Waals surface area contributed by atoms with Gasteiger partial charge in [-0.3, -0.25) is 0 Å². The molecular weight excluding hydrogens is 302 g/mol. The van der Waals surface area contributed by atoms with Gasteiger partial charge in [0.05, 0.1) is 11.9 Å². The third-order valence-electron chi connectivity index (χ3n) is 3.27. The maximum Gasteiger partial charge on any atom is 0.336 e. The highest BCUT2D eigenvalue weighted by atomic mass is 32.1. The van der Waals surface area contributed by atoms with Crippen molar-refractivity contribution in [3.63, 3.8) is 0 Å². The Balaban J connectivity index is 1.74. The number of ether oxygens (including phenoxy) is 1. The summed E-state index contributed by atoms with van der Waals surface area (Å²) in [7, 11) is 0. The van der Waals surface area contributed by atoms with E-state index in [1.54, 1.807) is 10.6 Å². The predicted molar refractivity (Wildman–Crippen MR) is 82.9 cm³/mol. The van der Waals surface area contributed by atoms with Crippen LogP contribution in [0.3, 0.4) is 0 Å². The van der Waals surface area contributed by atoms with Crippen LogP contribution >= 0.6 is 11.3 Å². The number of hydrogen-bond acceptors (Lipinski definition) is 6. The number of aromatic nitrogens is 3. The smallest absolute Gasteiger partial charge is 0.336 e. The van der Waals surface area contributed by atoms with Crippen molar-refractivity contribution in [2.75, 3.05) is 0 Å². The summed E-state index contributed by atoms with van der Waals surface area (Å²) < 4.78 is 12.6. The van der Waals surface area contributed by atoms with Crippen LogP contribution in [0.25, 0.3) is 15.9 Å². The molecule has 3 heterocycles. The van der Waals surface area contributed by atoms with E-state index in [1.807, 2.05) is 32.2 Å². The molecule has 0 spiro atoms. The largest absolute Gasteiger partial charge is 0.430 e. The molecule has 0 unspecified atom stereocenters. The van der Waals surface area contributed by atoms with Gasteiger partial charge in [0, 0.05) is 17.5 Å². The van der Waals surface area contributed by atoms with Crippen molar-refractivity contribution in [2.45, 2.75) is 13.8 Å². The van der Waals surface area contributed by atoms with Crippen molar-refractivity contribution in [3.8, 4) is 10.9 Å². The molecule has 0 bridgehead atoms. The molecule has 0 aliphatic rings. The number of aryl methyl sites for hydroxylation is 2. The van der Waals surface area contributed by atoms with Gasteiger partial charge in [-0.2, -0.15) is 0 Å². The minimum atomic E-state index is -0.370. The number of rotatable bonds is 2. The summed E-state index contributed by atoms with van der Waals surface area (Å²) in [6, 6.07) is 6.86. The van der Waals surface area contributed by atoms with E-state index in [2.05, 4.69) is 10.1 Å². The van der Waals surface area contributed by atoms with Gasteiger partial charge in [0.25, 0.3) is 5.19 Å². The molecule has 4 rings (SSSR count). The zero-order valence-electron chi connectivity index (χ0n) is 11.9. The fourth-order valence-electron chi connectivity index (χ4n) is 2.30. The molecular formula is C15H11N3O3S. The zero-order chi connectivity index (χ0) is 15.3. The van der Waals surface area contributed by atoms with Gasteiger partial charge in [-0.15, -0.1) is 5.10 Å². The number of imidazole rings is 1. The van der Waals surface area contributed by atoms with E-state index in [0.717, 1.165) is 21.6 Å². The lowest BCUT2D eigenvalue weighted by Gasteiger charge is -2.04. The Kier molecular flexibility index (Phi) is 2.77. The van der Waals surface area contributed by atoms with Crippen LogP contribution in [0, 0.1) is 13.8 Å². The summed E-state index contributed by atoms with van der Waals surface area (Å²) in [5.74, 6) is 0.565. The highest BCUT2D eigenvalue weighted by Crippen LogP contribution is 2.29. The molecule has 0 aliphatic carbocycles. The Morgan fingerprint density at radius 1 is 1.27 bits per heavy atom. The number of fused-ring (bicyclic) bond motifs is 2. The Hall–Kier alpha value is -2.67. The third kappa shape index (κ3) is 2.15. The topological polar surface area (TPSA) is 69.6 Å². The van der Waals surface area contributed by atoms with E-state index >= 15 is 0 Å². The summed E-state index contributed by atoms with van der Waals surface area (Å²) in [6.45, 7) is 3.79. The molecule has 0 saturated heterocycles. The van der Waals surface area contributed by atoms with Crippen molar-refractivity contribution < 1.29 is 9.15 Å². The van der Waals surface area contributed by atoms with Gasteiger partial charge in [-0.05, 0) is 42.9 Å². The number of nitrogens with zero attached hydrogens (tertiary/aromatic N) is 3. The van der Waals surface area contributed by atoms with Gasteiger partial charge in [0.1, 0.15) is 11.3 Å². The maximum absolute atomic E-state index is 11.5. The SMILES string of the molecule is Cc1cn2nc(Oc3ccc4c(C)cc(=O)oc4c3)sc2n1. The molecule has 0 amide bonds. The summed E-state index contributed by atoms with van der Waals surface area (Å²) in [4.78, 5) is 16.6. The molecule has 4 aromatic rings. The van der Waals surface area contributed by atoms with Gasteiger partial charge in [-0.25, -0.2) is 14.3 Å². The van der Waals surface area contributed by atoms with Crippen LogP contribution in [0.15, 0.2) is 39.7 Å². The van der Waals surface area contributed by atoms with E-state index in [9.17, 15) is 4.79 Å². The molecule has 0 saturated carbocycles. The average molecular weight is 313 g/mol. The third-order valence-corrected chi connectivity index (χ3v) is 4.07. The van der Waals surface area contributed by atoms with Gasteiger partial charge >= 0.3 is 5.63 Å². The van der Waals surface area contributed by atoms with Crippen LogP contribution in [-0.2, 0) is 0 Å². The summed E-state index contributed by atoms with van der Waals surface area (Å²) in [5.41, 5.74) is 1.92. The molecule has 22 heavy (non-hydrogen) atoms. The van der Waals surface area contributed by atoms with Crippen LogP contribution in [0.4, 0.5) is 0 Å². The first kappa shape index (κ1) is 13.0. The van der Waals surface area contributed by atoms with Gasteiger partial charge in [0.2, 0.25) is 4.96 Å². The van der Waals surface area contributed by atoms with Crippen molar-refractivity contribution in [1.29, 1.82) is 0 Å². The first-order valence-corrected chi connectivity index (χ1v) is 7.45. The number of benzene rings is 1. The molecule has 0 N–H and O–H groups in total. The van der Waals surface area contributed by atoms with E-state index in [1.165, 1.54) is 17.4 Å². The van der Waals surface area contributed by atoms with Crippen LogP contribution in [0.1, 0.15) is 11.3 Å². The van der Waals surface area contributed by atoms with E-state index in [4.69, 9.17) is 9.15 Å². The van der Waals surface area contributed by atoms with Crippen LogP contribution in [-0.4, -0.2) is 14.6 Å². The van der Waals surface area contributed by atoms with E-state index in [-0.39, 0.29) is 5.63 Å². The monoisotopic (exact) mass is 313 g/mol. The Morgan fingerprint density at radius 3 is 2.95 bits per heavy atom. The first-order chi connectivity index (χ1) is 10.6. The minimum absolute atomic E-state index is 0.370. The van der Waals surface area contributed by atoms with Crippen molar-refractivity contribution in [2.24, 2.45) is 0 Å². The van der Waals surface area contributed by atoms with Crippen LogP contribution < -0.4 is 10.4 Å². The second-order valence-electron chi connectivity index (χ2n) is 4.99. The van der Waals surface area contributed by atoms with Crippen LogP contribution in [0.2, 0.25) is 0 Å². The molecule has 7 heteroatoms. The van der Waals surface area contributed by atoms with Crippen molar-refractivity contribution in [1.82, 2.24) is 14.6 Å². The Bertz CT molecular complexity index is 1030. The van der Waals surface area contributed by atoms with Gasteiger partial charge in [0.15, 0.2) is 0 Å². The highest BCUT2D eigenvalue weighted by molar-refractivity contribution is 7.18. The Morgan fingerprint density at radius 2 is 2.14 bits per heavy atom. The normalized spacial score (nSPS) is 11.4. The van der Waals surface area contributed by atoms with E-state index < -0.39 is 0 Å². The predicted octanol–water partition coefficient (Wildman–Crippen LogP) is 3.31. The second-order valence-corrected chi connectivity index (χ2v) is 5.90. The molecule has 3 aromatic heterocycles. The first-order valence-electron chi connectivity index (χ1n) is 6.64. The van der Waals surface area contributed by atoms with Gasteiger partial charge in [-0.1, -0.05) is 0 Å².